The van der Waals surface area contributed by atoms with Crippen LogP contribution in [0.4, 0.5) is 16.4 Å². The summed E-state index contributed by atoms with van der Waals surface area (Å²) in [6.45, 7) is 0.668. The van der Waals surface area contributed by atoms with Crippen molar-refractivity contribution in [2.75, 3.05) is 17.2 Å². The van der Waals surface area contributed by atoms with Crippen molar-refractivity contribution in [2.24, 2.45) is 5.41 Å². The van der Waals surface area contributed by atoms with Gasteiger partial charge in [-0.25, -0.2) is 14.8 Å². The molecule has 3 aromatic heterocycles. The number of nitrogens with zero attached hydrogens (tertiary/aromatic N) is 4. The Morgan fingerprint density at radius 2 is 1.81 bits per heavy atom. The quantitative estimate of drug-likeness (QED) is 0.427. The van der Waals surface area contributed by atoms with Gasteiger partial charge in [-0.2, -0.15) is 0 Å². The lowest BCUT2D eigenvalue weighted by Crippen LogP contribution is -2.32. The molecule has 0 bridgehead atoms. The summed E-state index contributed by atoms with van der Waals surface area (Å²) in [5, 5.41) is 14.8. The Kier molecular flexibility index (Phi) is 6.80. The van der Waals surface area contributed by atoms with Gasteiger partial charge in [-0.3, -0.25) is 25.2 Å². The van der Waals surface area contributed by atoms with E-state index in [0.717, 1.165) is 29.7 Å². The molecule has 1 atom stereocenters. The molecule has 1 saturated carbocycles. The molecule has 3 N–H and O–H groups in total. The summed E-state index contributed by atoms with van der Waals surface area (Å²) in [6.07, 6.45) is 8.62. The molecule has 0 aromatic carbocycles. The number of anilines is 2. The Bertz CT molecular complexity index is 1290. The highest BCUT2D eigenvalue weighted by Gasteiger charge is 2.50. The molecule has 1 aliphatic heterocycles. The molecule has 10 heteroatoms. The number of hydrogen-bond acceptors (Lipinski definition) is 6. The number of aromatic nitrogens is 3. The van der Waals surface area contributed by atoms with E-state index in [1.54, 1.807) is 48.9 Å². The second-order valence-corrected chi connectivity index (χ2v) is 9.61. The van der Waals surface area contributed by atoms with Gasteiger partial charge < -0.3 is 10.0 Å². The molecular weight excluding hydrogens is 472 g/mol. The summed E-state index contributed by atoms with van der Waals surface area (Å²) in [5.74, 6) is 0.0296. The summed E-state index contributed by atoms with van der Waals surface area (Å²) in [5.41, 5.74) is 1.83. The van der Waals surface area contributed by atoms with Gasteiger partial charge in [0, 0.05) is 37.3 Å². The number of urea groups is 1. The molecular formula is C27H28N6O4. The molecule has 37 heavy (non-hydrogen) atoms. The van der Waals surface area contributed by atoms with Gasteiger partial charge in [-0.15, -0.1) is 0 Å². The average molecular weight is 501 g/mol. The molecule has 0 radical (unpaired) electrons. The average Bonchev–Trinajstić information content (AvgIpc) is 3.51. The van der Waals surface area contributed by atoms with E-state index in [-0.39, 0.29) is 18.4 Å². The van der Waals surface area contributed by atoms with E-state index in [0.29, 0.717) is 37.4 Å². The smallest absolute Gasteiger partial charge is 0.326 e. The minimum atomic E-state index is -0.763. The Morgan fingerprint density at radius 3 is 2.49 bits per heavy atom. The van der Waals surface area contributed by atoms with Crippen LogP contribution in [0.1, 0.15) is 48.5 Å². The molecule has 190 valence electrons. The van der Waals surface area contributed by atoms with E-state index < -0.39 is 17.4 Å². The van der Waals surface area contributed by atoms with Crippen molar-refractivity contribution in [1.82, 2.24) is 19.9 Å². The third-order valence-corrected chi connectivity index (χ3v) is 6.95. The van der Waals surface area contributed by atoms with Crippen molar-refractivity contribution >= 4 is 29.5 Å². The first kappa shape index (κ1) is 24.4. The third-order valence-electron chi connectivity index (χ3n) is 6.95. The second kappa shape index (κ2) is 10.3. The van der Waals surface area contributed by atoms with Crippen LogP contribution in [0.2, 0.25) is 0 Å². The largest absolute Gasteiger partial charge is 0.481 e. The zero-order valence-corrected chi connectivity index (χ0v) is 20.3. The minimum absolute atomic E-state index is 0.000431. The van der Waals surface area contributed by atoms with Crippen LogP contribution in [-0.2, 0) is 22.4 Å². The van der Waals surface area contributed by atoms with Gasteiger partial charge in [0.15, 0.2) is 0 Å². The van der Waals surface area contributed by atoms with E-state index in [4.69, 9.17) is 0 Å². The topological polar surface area (TPSA) is 137 Å². The molecule has 10 nitrogen and oxygen atoms in total. The van der Waals surface area contributed by atoms with Gasteiger partial charge in [0.1, 0.15) is 11.6 Å². The SMILES string of the molecule is O=C(Nc1ccccn1)Nc1ccc(CC(=O)N2CCCC2c2ccnc(CC3(C(=O)O)CC3)c2)cn1. The number of amides is 3. The van der Waals surface area contributed by atoms with Gasteiger partial charge in [-0.1, -0.05) is 12.1 Å². The van der Waals surface area contributed by atoms with E-state index in [2.05, 4.69) is 25.6 Å². The van der Waals surface area contributed by atoms with E-state index in [1.165, 1.54) is 0 Å². The molecule has 1 aliphatic carbocycles. The number of carbonyl (C=O) groups excluding carboxylic acids is 2. The van der Waals surface area contributed by atoms with E-state index in [1.807, 2.05) is 17.0 Å². The Labute approximate surface area is 214 Å². The lowest BCUT2D eigenvalue weighted by Gasteiger charge is -2.25. The molecule has 0 spiro atoms. The maximum absolute atomic E-state index is 13.2. The van der Waals surface area contributed by atoms with Crippen LogP contribution in [0.3, 0.4) is 0 Å². The summed E-state index contributed by atoms with van der Waals surface area (Å²) in [6, 6.07) is 12.0. The van der Waals surface area contributed by atoms with Gasteiger partial charge in [0.2, 0.25) is 5.91 Å². The van der Waals surface area contributed by atoms with Crippen LogP contribution in [0.5, 0.6) is 0 Å². The van der Waals surface area contributed by atoms with Crippen molar-refractivity contribution < 1.29 is 19.5 Å². The Hall–Kier alpha value is -4.34. The fourth-order valence-electron chi connectivity index (χ4n) is 4.76. The molecule has 5 rings (SSSR count). The lowest BCUT2D eigenvalue weighted by atomic mass is 9.97. The van der Waals surface area contributed by atoms with Crippen LogP contribution in [-0.4, -0.2) is 49.4 Å². The predicted octanol–water partition coefficient (Wildman–Crippen LogP) is 3.83. The van der Waals surface area contributed by atoms with Crippen LogP contribution >= 0.6 is 0 Å². The Morgan fingerprint density at radius 1 is 1.00 bits per heavy atom. The number of carboxylic acids is 1. The predicted molar refractivity (Wildman–Crippen MR) is 136 cm³/mol. The Balaban J connectivity index is 1.19. The normalized spacial score (nSPS) is 17.7. The number of carboxylic acid groups (broad SMARTS) is 1. The zero-order chi connectivity index (χ0) is 25.8. The van der Waals surface area contributed by atoms with E-state index in [9.17, 15) is 19.5 Å². The van der Waals surface area contributed by atoms with Crippen molar-refractivity contribution in [3.05, 3.63) is 77.9 Å². The van der Waals surface area contributed by atoms with Gasteiger partial charge in [-0.05, 0) is 67.1 Å². The van der Waals surface area contributed by atoms with Crippen molar-refractivity contribution in [3.8, 4) is 0 Å². The van der Waals surface area contributed by atoms with Gasteiger partial charge >= 0.3 is 12.0 Å². The minimum Gasteiger partial charge on any atom is -0.481 e. The van der Waals surface area contributed by atoms with Crippen molar-refractivity contribution in [2.45, 2.75) is 44.6 Å². The first-order chi connectivity index (χ1) is 17.9. The summed E-state index contributed by atoms with van der Waals surface area (Å²) >= 11 is 0. The van der Waals surface area contributed by atoms with Crippen LogP contribution in [0.15, 0.2) is 61.1 Å². The lowest BCUT2D eigenvalue weighted by molar-refractivity contribution is -0.143. The van der Waals surface area contributed by atoms with Crippen molar-refractivity contribution in [3.63, 3.8) is 0 Å². The maximum atomic E-state index is 13.2. The van der Waals surface area contributed by atoms with E-state index >= 15 is 0 Å². The number of rotatable bonds is 8. The highest BCUT2D eigenvalue weighted by Crippen LogP contribution is 2.48. The third kappa shape index (κ3) is 5.74. The highest BCUT2D eigenvalue weighted by molar-refractivity contribution is 5.98. The standard InChI is InChI=1S/C27H28N6O4/c34-24(14-18-6-7-23(30-17-18)32-26(37)31-22-5-1-2-11-29-22)33-13-3-4-21(33)19-8-12-28-20(15-19)16-27(9-10-27)25(35)36/h1-2,5-8,11-12,15,17,21H,3-4,9-10,13-14,16H2,(H,35,36)(H2,29,30,31,32,37). The van der Waals surface area contributed by atoms with Crippen LogP contribution in [0.25, 0.3) is 0 Å². The van der Waals surface area contributed by atoms with Gasteiger partial charge in [0.05, 0.1) is 17.9 Å². The number of aliphatic carboxylic acids is 1. The summed E-state index contributed by atoms with van der Waals surface area (Å²) in [7, 11) is 0. The molecule has 1 saturated heterocycles. The number of hydrogen-bond donors (Lipinski definition) is 3. The van der Waals surface area contributed by atoms with Crippen molar-refractivity contribution in [1.29, 1.82) is 0 Å². The number of pyridine rings is 3. The highest BCUT2D eigenvalue weighted by atomic mass is 16.4. The summed E-state index contributed by atoms with van der Waals surface area (Å²) in [4.78, 5) is 51.5. The zero-order valence-electron chi connectivity index (χ0n) is 20.3. The number of nitrogens with one attached hydrogen (secondary N) is 2. The first-order valence-electron chi connectivity index (χ1n) is 12.3. The molecule has 2 aliphatic rings. The number of likely N-dealkylation sites (tertiary alicyclic amines) is 1. The molecule has 2 fully saturated rings. The fraction of sp³-hybridized carbons (Fsp3) is 0.333. The summed E-state index contributed by atoms with van der Waals surface area (Å²) < 4.78 is 0. The van der Waals surface area contributed by atoms with Gasteiger partial charge in [0.25, 0.3) is 0 Å². The fourth-order valence-corrected chi connectivity index (χ4v) is 4.76. The maximum Gasteiger partial charge on any atom is 0.326 e. The first-order valence-corrected chi connectivity index (χ1v) is 12.3. The molecule has 4 heterocycles. The second-order valence-electron chi connectivity index (χ2n) is 9.61. The van der Waals surface area contributed by atoms with Crippen LogP contribution < -0.4 is 10.6 Å². The number of carbonyl (C=O) groups is 3. The van der Waals surface area contributed by atoms with Crippen LogP contribution in [0, 0.1) is 5.41 Å². The molecule has 1 unspecified atom stereocenters. The monoisotopic (exact) mass is 500 g/mol. The molecule has 3 aromatic rings. The molecule has 3 amide bonds.